The fourth-order valence-corrected chi connectivity index (χ4v) is 5.13. The van der Waals surface area contributed by atoms with Gasteiger partial charge in [-0.05, 0) is 55.7 Å². The topological polar surface area (TPSA) is 12.0 Å². The lowest BCUT2D eigenvalue weighted by Crippen LogP contribution is -2.45. The largest absolute Gasteiger partial charge is 0.313 e. The zero-order valence-corrected chi connectivity index (χ0v) is 12.6. The third-order valence-electron chi connectivity index (χ3n) is 4.95. The first kappa shape index (κ1) is 13.7. The van der Waals surface area contributed by atoms with Gasteiger partial charge in [0.1, 0.15) is 0 Å². The summed E-state index contributed by atoms with van der Waals surface area (Å²) in [7, 11) is 0. The number of hydrogen-bond acceptors (Lipinski definition) is 2. The van der Waals surface area contributed by atoms with E-state index in [0.29, 0.717) is 0 Å². The van der Waals surface area contributed by atoms with Crippen molar-refractivity contribution in [3.05, 3.63) is 0 Å². The van der Waals surface area contributed by atoms with Gasteiger partial charge < -0.3 is 5.32 Å². The van der Waals surface area contributed by atoms with Crippen molar-refractivity contribution in [2.45, 2.75) is 64.2 Å². The van der Waals surface area contributed by atoms with Crippen molar-refractivity contribution < 1.29 is 0 Å². The van der Waals surface area contributed by atoms with Crippen LogP contribution in [0.4, 0.5) is 0 Å². The van der Waals surface area contributed by atoms with Crippen molar-refractivity contribution in [1.29, 1.82) is 0 Å². The van der Waals surface area contributed by atoms with Gasteiger partial charge in [-0.2, -0.15) is 11.8 Å². The van der Waals surface area contributed by atoms with E-state index in [0.717, 1.165) is 35.6 Å². The number of nitrogens with one attached hydrogen (secondary N) is 1. The van der Waals surface area contributed by atoms with E-state index in [1.807, 2.05) is 0 Å². The molecule has 0 spiro atoms. The van der Waals surface area contributed by atoms with Crippen molar-refractivity contribution >= 4 is 11.8 Å². The molecule has 0 radical (unpaired) electrons. The smallest absolute Gasteiger partial charge is 0.0214 e. The predicted octanol–water partition coefficient (Wildman–Crippen LogP) is 3.93. The van der Waals surface area contributed by atoms with E-state index in [1.165, 1.54) is 37.9 Å². The molecule has 1 nitrogen and oxygen atoms in total. The Kier molecular flexibility index (Phi) is 5.23. The van der Waals surface area contributed by atoms with Crippen molar-refractivity contribution in [3.63, 3.8) is 0 Å². The average molecular weight is 255 g/mol. The Morgan fingerprint density at radius 2 is 2.00 bits per heavy atom. The van der Waals surface area contributed by atoms with Crippen LogP contribution in [0.1, 0.15) is 52.9 Å². The molecule has 100 valence electrons. The maximum Gasteiger partial charge on any atom is 0.0214 e. The summed E-state index contributed by atoms with van der Waals surface area (Å²) in [6, 6.07) is 0.794. The minimum absolute atomic E-state index is 0.794. The lowest BCUT2D eigenvalue weighted by Gasteiger charge is -2.39. The molecule has 0 amide bonds. The van der Waals surface area contributed by atoms with Gasteiger partial charge in [0.15, 0.2) is 0 Å². The van der Waals surface area contributed by atoms with Gasteiger partial charge in [-0.25, -0.2) is 0 Å². The molecule has 2 fully saturated rings. The lowest BCUT2D eigenvalue weighted by molar-refractivity contribution is 0.169. The predicted molar refractivity (Wildman–Crippen MR) is 78.6 cm³/mol. The summed E-state index contributed by atoms with van der Waals surface area (Å²) >= 11 is 2.22. The van der Waals surface area contributed by atoms with Gasteiger partial charge in [0.05, 0.1) is 0 Å². The van der Waals surface area contributed by atoms with Crippen molar-refractivity contribution in [3.8, 4) is 0 Å². The Hall–Kier alpha value is 0.310. The van der Waals surface area contributed by atoms with Crippen molar-refractivity contribution in [2.75, 3.05) is 12.3 Å². The highest BCUT2D eigenvalue weighted by Crippen LogP contribution is 2.40. The Bertz CT molecular complexity index is 225. The SMILES string of the molecule is CCNC(C1CCC(C)C(C)C1)C1CCCS1. The van der Waals surface area contributed by atoms with Crippen LogP contribution in [0.3, 0.4) is 0 Å². The third-order valence-corrected chi connectivity index (χ3v) is 6.43. The van der Waals surface area contributed by atoms with Gasteiger partial charge in [0.25, 0.3) is 0 Å². The molecule has 5 atom stereocenters. The molecular weight excluding hydrogens is 226 g/mol. The van der Waals surface area contributed by atoms with E-state index in [-0.39, 0.29) is 0 Å². The monoisotopic (exact) mass is 255 g/mol. The lowest BCUT2D eigenvalue weighted by atomic mass is 9.72. The van der Waals surface area contributed by atoms with E-state index < -0.39 is 0 Å². The number of hydrogen-bond donors (Lipinski definition) is 1. The van der Waals surface area contributed by atoms with Crippen LogP contribution in [0.15, 0.2) is 0 Å². The van der Waals surface area contributed by atoms with Gasteiger partial charge in [-0.1, -0.05) is 27.2 Å². The molecule has 1 N–H and O–H groups in total. The molecule has 5 unspecified atom stereocenters. The number of thioether (sulfide) groups is 1. The first-order valence-corrected chi connectivity index (χ1v) is 8.62. The molecule has 2 heteroatoms. The Morgan fingerprint density at radius 1 is 1.18 bits per heavy atom. The summed E-state index contributed by atoms with van der Waals surface area (Å²) in [4.78, 5) is 0. The second-order valence-electron chi connectivity index (χ2n) is 6.16. The number of rotatable bonds is 4. The van der Waals surface area contributed by atoms with Crippen molar-refractivity contribution in [2.24, 2.45) is 17.8 Å². The molecule has 2 rings (SSSR count). The molecule has 0 aromatic rings. The summed E-state index contributed by atoms with van der Waals surface area (Å²) < 4.78 is 0. The maximum atomic E-state index is 3.81. The van der Waals surface area contributed by atoms with E-state index in [1.54, 1.807) is 0 Å². The quantitative estimate of drug-likeness (QED) is 0.817. The molecule has 1 aliphatic carbocycles. The second-order valence-corrected chi connectivity index (χ2v) is 7.51. The van der Waals surface area contributed by atoms with Crippen LogP contribution < -0.4 is 5.32 Å². The first-order chi connectivity index (χ1) is 8.22. The van der Waals surface area contributed by atoms with Crippen LogP contribution in [-0.4, -0.2) is 23.6 Å². The van der Waals surface area contributed by atoms with E-state index in [2.05, 4.69) is 37.8 Å². The molecule has 0 aromatic carbocycles. The van der Waals surface area contributed by atoms with Crippen LogP contribution >= 0.6 is 11.8 Å². The molecule has 17 heavy (non-hydrogen) atoms. The Balaban J connectivity index is 1.95. The summed E-state index contributed by atoms with van der Waals surface area (Å²) in [6.07, 6.45) is 7.25. The highest BCUT2D eigenvalue weighted by Gasteiger charge is 2.35. The van der Waals surface area contributed by atoms with Crippen molar-refractivity contribution in [1.82, 2.24) is 5.32 Å². The van der Waals surface area contributed by atoms with Gasteiger partial charge in [0.2, 0.25) is 0 Å². The molecule has 1 heterocycles. The summed E-state index contributed by atoms with van der Waals surface area (Å²) in [6.45, 7) is 8.30. The molecule has 1 aliphatic heterocycles. The van der Waals surface area contributed by atoms with E-state index in [9.17, 15) is 0 Å². The molecule has 0 aromatic heterocycles. The minimum Gasteiger partial charge on any atom is -0.313 e. The van der Waals surface area contributed by atoms with Gasteiger partial charge in [0, 0.05) is 11.3 Å². The Labute approximate surface area is 112 Å². The highest BCUT2D eigenvalue weighted by molar-refractivity contribution is 8.00. The Morgan fingerprint density at radius 3 is 2.59 bits per heavy atom. The van der Waals surface area contributed by atoms with Crippen LogP contribution in [0.2, 0.25) is 0 Å². The highest BCUT2D eigenvalue weighted by atomic mass is 32.2. The molecule has 0 bridgehead atoms. The fourth-order valence-electron chi connectivity index (χ4n) is 3.64. The normalized spacial score (nSPS) is 40.4. The first-order valence-electron chi connectivity index (χ1n) is 7.57. The van der Waals surface area contributed by atoms with Gasteiger partial charge >= 0.3 is 0 Å². The second kappa shape index (κ2) is 6.47. The van der Waals surface area contributed by atoms with E-state index >= 15 is 0 Å². The molecular formula is C15H29NS. The zero-order chi connectivity index (χ0) is 12.3. The summed E-state index contributed by atoms with van der Waals surface area (Å²) in [5, 5.41) is 4.71. The van der Waals surface area contributed by atoms with Crippen LogP contribution in [0.25, 0.3) is 0 Å². The van der Waals surface area contributed by atoms with Crippen LogP contribution in [-0.2, 0) is 0 Å². The summed E-state index contributed by atoms with van der Waals surface area (Å²) in [5.74, 6) is 4.22. The minimum atomic E-state index is 0.794. The van der Waals surface area contributed by atoms with Crippen LogP contribution in [0.5, 0.6) is 0 Å². The van der Waals surface area contributed by atoms with Gasteiger partial charge in [-0.15, -0.1) is 0 Å². The van der Waals surface area contributed by atoms with E-state index in [4.69, 9.17) is 0 Å². The van der Waals surface area contributed by atoms with Crippen LogP contribution in [0, 0.1) is 17.8 Å². The third kappa shape index (κ3) is 3.41. The standard InChI is InChI=1S/C15H29NS/c1-4-16-15(14-6-5-9-17-14)13-8-7-11(2)12(3)10-13/h11-16H,4-10H2,1-3H3. The molecule has 2 aliphatic rings. The van der Waals surface area contributed by atoms with Gasteiger partial charge in [-0.3, -0.25) is 0 Å². The summed E-state index contributed by atoms with van der Waals surface area (Å²) in [5.41, 5.74) is 0. The zero-order valence-electron chi connectivity index (χ0n) is 11.7. The maximum absolute atomic E-state index is 3.81. The average Bonchev–Trinajstić information content (AvgIpc) is 2.83. The molecule has 1 saturated carbocycles. The molecule has 1 saturated heterocycles. The fraction of sp³-hybridized carbons (Fsp3) is 1.00.